The summed E-state index contributed by atoms with van der Waals surface area (Å²) in [4.78, 5) is 30.2. The summed E-state index contributed by atoms with van der Waals surface area (Å²) in [5.41, 5.74) is 1.45. The zero-order valence-electron chi connectivity index (χ0n) is 20.0. The van der Waals surface area contributed by atoms with Gasteiger partial charge in [0.1, 0.15) is 13.1 Å². The third-order valence-corrected chi connectivity index (χ3v) is 7.88. The van der Waals surface area contributed by atoms with Gasteiger partial charge >= 0.3 is 12.1 Å². The Kier molecular flexibility index (Phi) is 7.99. The summed E-state index contributed by atoms with van der Waals surface area (Å²) >= 11 is 0.970. The van der Waals surface area contributed by atoms with Crippen LogP contribution in [0, 0.1) is 0 Å². The van der Waals surface area contributed by atoms with Crippen LogP contribution >= 0.6 is 11.3 Å². The van der Waals surface area contributed by atoms with E-state index in [1.54, 1.807) is 18.2 Å². The number of carboxylic acids is 1. The van der Waals surface area contributed by atoms with Crippen molar-refractivity contribution < 1.29 is 36.3 Å². The number of aryl methyl sites for hydroxylation is 2. The number of hydrogen-bond donors (Lipinski definition) is 2. The summed E-state index contributed by atoms with van der Waals surface area (Å²) in [6.45, 7) is -1.22. The van der Waals surface area contributed by atoms with E-state index in [0.717, 1.165) is 38.7 Å². The van der Waals surface area contributed by atoms with Crippen molar-refractivity contribution in [3.63, 3.8) is 0 Å². The maximum Gasteiger partial charge on any atom is 0.416 e. The lowest BCUT2D eigenvalue weighted by Gasteiger charge is -2.21. The number of thiazole rings is 1. The molecule has 2 aromatic carbocycles. The largest absolute Gasteiger partial charge is 0.480 e. The molecule has 0 unspecified atom stereocenters. The highest BCUT2D eigenvalue weighted by Crippen LogP contribution is 2.29. The number of sulfonamides is 1. The fourth-order valence-electron chi connectivity index (χ4n) is 3.66. The van der Waals surface area contributed by atoms with Crippen molar-refractivity contribution in [1.82, 2.24) is 24.9 Å². The highest BCUT2D eigenvalue weighted by Gasteiger charge is 2.30. The second kappa shape index (κ2) is 11.1. The molecule has 0 aliphatic rings. The predicted octanol–water partition coefficient (Wildman–Crippen LogP) is 2.45. The predicted molar refractivity (Wildman–Crippen MR) is 133 cm³/mol. The number of nitrogens with two attached hydrogens (primary N) is 1. The molecule has 0 saturated heterocycles. The van der Waals surface area contributed by atoms with Crippen molar-refractivity contribution in [2.45, 2.75) is 36.4 Å². The molecule has 1 amide bonds. The topological polar surface area (TPSA) is 161 Å². The minimum atomic E-state index is -4.51. The van der Waals surface area contributed by atoms with E-state index in [-0.39, 0.29) is 17.4 Å². The molecule has 0 atom stereocenters. The lowest BCUT2D eigenvalue weighted by atomic mass is 10.1. The lowest BCUT2D eigenvalue weighted by molar-refractivity contribution is -0.145. The maximum absolute atomic E-state index is 12.8. The highest BCUT2D eigenvalue weighted by atomic mass is 32.2. The molecule has 39 heavy (non-hydrogen) atoms. The number of fused-ring (bicyclic) bond motifs is 1. The Hall–Kier alpha value is -3.89. The van der Waals surface area contributed by atoms with E-state index in [1.165, 1.54) is 18.3 Å². The van der Waals surface area contributed by atoms with Gasteiger partial charge in [-0.05, 0) is 48.2 Å². The Labute approximate surface area is 223 Å². The van der Waals surface area contributed by atoms with E-state index in [1.807, 2.05) is 0 Å². The zero-order valence-corrected chi connectivity index (χ0v) is 21.6. The molecule has 3 N–H and O–H groups in total. The number of nitrogens with zero attached hydrogens (tertiary/aromatic N) is 5. The normalized spacial score (nSPS) is 12.1. The fraction of sp³-hybridized carbons (Fsp3) is 0.261. The van der Waals surface area contributed by atoms with Crippen LogP contribution in [0.4, 0.5) is 13.2 Å². The number of benzene rings is 2. The summed E-state index contributed by atoms with van der Waals surface area (Å²) in [5, 5.41) is 22.6. The molecular formula is C23H21F3N6O5S2. The van der Waals surface area contributed by atoms with Gasteiger partial charge in [-0.2, -0.15) is 28.2 Å². The number of rotatable bonds is 10. The second-order valence-corrected chi connectivity index (χ2v) is 11.3. The van der Waals surface area contributed by atoms with Gasteiger partial charge in [0.15, 0.2) is 0 Å². The van der Waals surface area contributed by atoms with Crippen LogP contribution in [0.3, 0.4) is 0 Å². The number of halogens is 3. The van der Waals surface area contributed by atoms with E-state index in [2.05, 4.69) is 15.2 Å². The number of aliphatic carboxylic acids is 1. The van der Waals surface area contributed by atoms with Gasteiger partial charge in [0.25, 0.3) is 10.0 Å². The summed E-state index contributed by atoms with van der Waals surface area (Å²) in [6, 6.07) is 9.41. The average Bonchev–Trinajstić information content (AvgIpc) is 3.48. The molecule has 4 aromatic rings. The van der Waals surface area contributed by atoms with Gasteiger partial charge in [-0.15, -0.1) is 11.3 Å². The van der Waals surface area contributed by atoms with Crippen molar-refractivity contribution in [2.24, 2.45) is 5.14 Å². The van der Waals surface area contributed by atoms with E-state index < -0.39 is 40.2 Å². The van der Waals surface area contributed by atoms with Crippen LogP contribution in [0.25, 0.3) is 10.2 Å². The third-order valence-electron chi connectivity index (χ3n) is 5.54. The van der Waals surface area contributed by atoms with Gasteiger partial charge in [0.05, 0.1) is 27.7 Å². The number of carbonyl (C=O) groups excluding carboxylic acids is 1. The molecule has 2 heterocycles. The quantitative estimate of drug-likeness (QED) is 0.288. The van der Waals surface area contributed by atoms with E-state index in [0.29, 0.717) is 34.3 Å². The van der Waals surface area contributed by atoms with Gasteiger partial charge in [-0.25, -0.2) is 18.5 Å². The molecule has 0 radical (unpaired) electrons. The highest BCUT2D eigenvalue weighted by molar-refractivity contribution is 7.91. The van der Waals surface area contributed by atoms with Crippen molar-refractivity contribution in [1.29, 1.82) is 0 Å². The Bertz CT molecular complexity index is 1620. The minimum absolute atomic E-state index is 0.169. The van der Waals surface area contributed by atoms with E-state index in [4.69, 9.17) is 5.14 Å². The Morgan fingerprint density at radius 1 is 1.08 bits per heavy atom. The standard InChI is InChI=1S/C23H21F3N6O5S2/c24-23(25,26)16-5-1-15(2-6-16)11-31(13-21(34)35)20(33)12-32-28-10-17(30-32)7-3-14-4-8-18-19(9-14)38-22(29-18)39(27,36)37/h1-2,4-6,8-10H,3,7,11-13H2,(H,34,35)(H2,27,36,37). The van der Waals surface area contributed by atoms with E-state index >= 15 is 0 Å². The molecule has 16 heteroatoms. The van der Waals surface area contributed by atoms with Crippen molar-refractivity contribution in [3.8, 4) is 0 Å². The zero-order chi connectivity index (χ0) is 28.4. The average molecular weight is 583 g/mol. The van der Waals surface area contributed by atoms with Crippen LogP contribution < -0.4 is 5.14 Å². The smallest absolute Gasteiger partial charge is 0.416 e. The van der Waals surface area contributed by atoms with Gasteiger partial charge in [-0.3, -0.25) is 9.59 Å². The number of primary sulfonamides is 1. The number of hydrogen-bond acceptors (Lipinski definition) is 8. The molecule has 206 valence electrons. The Morgan fingerprint density at radius 2 is 1.77 bits per heavy atom. The first-order valence-electron chi connectivity index (χ1n) is 11.2. The van der Waals surface area contributed by atoms with Crippen LogP contribution in [0.15, 0.2) is 53.0 Å². The third kappa shape index (κ3) is 7.36. The van der Waals surface area contributed by atoms with Gasteiger partial charge in [0.2, 0.25) is 10.2 Å². The Morgan fingerprint density at radius 3 is 2.41 bits per heavy atom. The van der Waals surface area contributed by atoms with Crippen LogP contribution in [-0.4, -0.2) is 56.8 Å². The molecule has 0 spiro atoms. The molecule has 0 aliphatic carbocycles. The molecule has 0 saturated carbocycles. The molecule has 4 rings (SSSR count). The molecule has 0 fully saturated rings. The number of alkyl halides is 3. The first-order chi connectivity index (χ1) is 18.3. The number of amides is 1. The minimum Gasteiger partial charge on any atom is -0.480 e. The lowest BCUT2D eigenvalue weighted by Crippen LogP contribution is -2.37. The first kappa shape index (κ1) is 28.1. The summed E-state index contributed by atoms with van der Waals surface area (Å²) in [5.74, 6) is -1.90. The summed E-state index contributed by atoms with van der Waals surface area (Å²) < 4.78 is 61.9. The number of carbonyl (C=O) groups is 2. The van der Waals surface area contributed by atoms with Gasteiger partial charge in [-0.1, -0.05) is 18.2 Å². The van der Waals surface area contributed by atoms with Gasteiger partial charge in [0, 0.05) is 6.54 Å². The molecule has 0 aliphatic heterocycles. The van der Waals surface area contributed by atoms with Crippen molar-refractivity contribution in [2.75, 3.05) is 6.54 Å². The molecule has 0 bridgehead atoms. The van der Waals surface area contributed by atoms with E-state index in [9.17, 15) is 36.3 Å². The van der Waals surface area contributed by atoms with Crippen LogP contribution in [0.1, 0.15) is 22.4 Å². The second-order valence-electron chi connectivity index (χ2n) is 8.53. The van der Waals surface area contributed by atoms with Crippen molar-refractivity contribution in [3.05, 3.63) is 71.0 Å². The summed E-state index contributed by atoms with van der Waals surface area (Å²) in [7, 11) is -3.90. The van der Waals surface area contributed by atoms with Crippen LogP contribution in [0.2, 0.25) is 0 Å². The Balaban J connectivity index is 1.38. The van der Waals surface area contributed by atoms with Gasteiger partial charge < -0.3 is 10.0 Å². The first-order valence-corrected chi connectivity index (χ1v) is 13.6. The maximum atomic E-state index is 12.8. The molecule has 11 nitrogen and oxygen atoms in total. The number of aromatic nitrogens is 4. The number of carboxylic acid groups (broad SMARTS) is 1. The molecule has 2 aromatic heterocycles. The monoisotopic (exact) mass is 582 g/mol. The van der Waals surface area contributed by atoms with Crippen LogP contribution in [0.5, 0.6) is 0 Å². The fourth-order valence-corrected chi connectivity index (χ4v) is 5.38. The summed E-state index contributed by atoms with van der Waals surface area (Å²) in [6.07, 6.45) is -2.06. The molecular weight excluding hydrogens is 561 g/mol. The van der Waals surface area contributed by atoms with Crippen LogP contribution in [-0.2, 0) is 51.7 Å². The van der Waals surface area contributed by atoms with Crippen molar-refractivity contribution >= 4 is 43.5 Å². The SMILES string of the molecule is NS(=O)(=O)c1nc2ccc(CCc3cnn(CC(=O)N(CC(=O)O)Cc4ccc(C(F)(F)F)cc4)n3)cc2s1.